The van der Waals surface area contributed by atoms with Crippen LogP contribution in [0.3, 0.4) is 0 Å². The molecule has 0 radical (unpaired) electrons. The van der Waals surface area contributed by atoms with E-state index in [4.69, 9.17) is 19.3 Å². The van der Waals surface area contributed by atoms with Gasteiger partial charge in [0.05, 0.1) is 26.0 Å². The monoisotopic (exact) mass is 464 g/mol. The highest BCUT2D eigenvalue weighted by Crippen LogP contribution is 2.48. The summed E-state index contributed by atoms with van der Waals surface area (Å²) in [7, 11) is 3.34. The Morgan fingerprint density at radius 2 is 1.60 bits per heavy atom. The lowest BCUT2D eigenvalue weighted by Crippen LogP contribution is -2.33. The molecule has 5 rings (SSSR count). The molecule has 0 amide bonds. The van der Waals surface area contributed by atoms with Crippen LogP contribution in [0.2, 0.25) is 0 Å². The number of halogens is 1. The molecule has 0 aliphatic carbocycles. The zero-order chi connectivity index (χ0) is 20.7. The molecule has 0 bridgehead atoms. The Bertz CT molecular complexity index is 1100. The summed E-state index contributed by atoms with van der Waals surface area (Å²) in [6.45, 7) is 0. The maximum absolute atomic E-state index is 6.42. The van der Waals surface area contributed by atoms with Gasteiger partial charge in [-0.15, -0.1) is 0 Å². The average Bonchev–Trinajstić information content (AvgIpc) is 3.24. The highest BCUT2D eigenvalue weighted by Gasteiger charge is 2.41. The van der Waals surface area contributed by atoms with Crippen molar-refractivity contribution in [2.45, 2.75) is 18.7 Å². The Morgan fingerprint density at radius 1 is 0.933 bits per heavy atom. The summed E-state index contributed by atoms with van der Waals surface area (Å²) >= 11 is 3.60. The van der Waals surface area contributed by atoms with Crippen LogP contribution in [0.1, 0.15) is 35.4 Å². The van der Waals surface area contributed by atoms with E-state index in [-0.39, 0.29) is 12.3 Å². The minimum atomic E-state index is -0.301. The molecule has 0 aromatic heterocycles. The van der Waals surface area contributed by atoms with Crippen LogP contribution < -0.4 is 14.2 Å². The molecule has 30 heavy (non-hydrogen) atoms. The van der Waals surface area contributed by atoms with E-state index in [1.807, 2.05) is 48.5 Å². The maximum Gasteiger partial charge on any atom is 0.213 e. The van der Waals surface area contributed by atoms with Gasteiger partial charge in [0, 0.05) is 22.0 Å². The molecule has 0 spiro atoms. The molecule has 0 N–H and O–H groups in total. The van der Waals surface area contributed by atoms with Crippen LogP contribution in [0, 0.1) is 0 Å². The van der Waals surface area contributed by atoms with Crippen molar-refractivity contribution in [2.24, 2.45) is 5.10 Å². The van der Waals surface area contributed by atoms with E-state index < -0.39 is 0 Å². The van der Waals surface area contributed by atoms with Crippen LogP contribution in [0.15, 0.2) is 76.3 Å². The molecule has 0 unspecified atom stereocenters. The summed E-state index contributed by atoms with van der Waals surface area (Å²) in [5.74, 6) is 2.55. The van der Waals surface area contributed by atoms with E-state index >= 15 is 0 Å². The van der Waals surface area contributed by atoms with Crippen molar-refractivity contribution < 1.29 is 14.2 Å². The van der Waals surface area contributed by atoms with Gasteiger partial charge >= 0.3 is 0 Å². The standard InChI is InChI=1S/C24H21BrN2O3/c1-28-18-8-3-15(4-9-18)21-14-22-20-13-17(25)7-12-23(20)30-24(27(22)26-21)16-5-10-19(29-2)11-6-16/h3-13,22,24H,14H2,1-2H3/t22-,24-/m1/s1. The molecule has 152 valence electrons. The average molecular weight is 465 g/mol. The van der Waals surface area contributed by atoms with Crippen molar-refractivity contribution in [1.82, 2.24) is 5.01 Å². The summed E-state index contributed by atoms with van der Waals surface area (Å²) in [6, 6.07) is 22.3. The van der Waals surface area contributed by atoms with Crippen LogP contribution in [0.4, 0.5) is 0 Å². The van der Waals surface area contributed by atoms with Gasteiger partial charge < -0.3 is 14.2 Å². The molecule has 3 aromatic carbocycles. The van der Waals surface area contributed by atoms with Gasteiger partial charge in [0.2, 0.25) is 6.23 Å². The second kappa shape index (κ2) is 7.69. The van der Waals surface area contributed by atoms with E-state index in [2.05, 4.69) is 39.1 Å². The largest absolute Gasteiger partial charge is 0.497 e. The molecule has 0 fully saturated rings. The molecule has 3 aromatic rings. The highest BCUT2D eigenvalue weighted by atomic mass is 79.9. The van der Waals surface area contributed by atoms with Crippen LogP contribution in [-0.4, -0.2) is 24.9 Å². The first-order valence-electron chi connectivity index (χ1n) is 9.76. The van der Waals surface area contributed by atoms with E-state index in [1.165, 1.54) is 0 Å². The summed E-state index contributed by atoms with van der Waals surface area (Å²) in [5.41, 5.74) is 4.31. The van der Waals surface area contributed by atoms with Crippen LogP contribution in [0.5, 0.6) is 17.2 Å². The fourth-order valence-electron chi connectivity index (χ4n) is 4.00. The van der Waals surface area contributed by atoms with Gasteiger partial charge in [0.25, 0.3) is 0 Å². The zero-order valence-corrected chi connectivity index (χ0v) is 18.3. The summed E-state index contributed by atoms with van der Waals surface area (Å²) in [6.07, 6.45) is 0.511. The SMILES string of the molecule is COc1ccc(C2=NN3[C@H](C2)c2cc(Br)ccc2O[C@@H]3c2ccc(OC)cc2)cc1. The first-order chi connectivity index (χ1) is 14.7. The van der Waals surface area contributed by atoms with E-state index in [1.54, 1.807) is 14.2 Å². The van der Waals surface area contributed by atoms with Crippen molar-refractivity contribution in [3.05, 3.63) is 87.9 Å². The number of methoxy groups -OCH3 is 2. The highest BCUT2D eigenvalue weighted by molar-refractivity contribution is 9.10. The Labute approximate surface area is 184 Å². The van der Waals surface area contributed by atoms with Crippen molar-refractivity contribution in [1.29, 1.82) is 0 Å². The maximum atomic E-state index is 6.42. The number of ether oxygens (including phenoxy) is 3. The van der Waals surface area contributed by atoms with Crippen molar-refractivity contribution >= 4 is 21.6 Å². The molecule has 5 nitrogen and oxygen atoms in total. The molecule has 2 aliphatic rings. The van der Waals surface area contributed by atoms with Gasteiger partial charge in [-0.3, -0.25) is 0 Å². The fourth-order valence-corrected chi connectivity index (χ4v) is 4.38. The third-order valence-corrected chi connectivity index (χ3v) is 6.07. The number of fused-ring (bicyclic) bond motifs is 3. The van der Waals surface area contributed by atoms with Crippen molar-refractivity contribution in [2.75, 3.05) is 14.2 Å². The molecule has 6 heteroatoms. The molecular formula is C24H21BrN2O3. The topological polar surface area (TPSA) is 43.3 Å². The summed E-state index contributed by atoms with van der Waals surface area (Å²) in [4.78, 5) is 0. The Kier molecular flexibility index (Phi) is 4.87. The number of rotatable bonds is 4. The van der Waals surface area contributed by atoms with Gasteiger partial charge in [-0.1, -0.05) is 15.9 Å². The molecular weight excluding hydrogens is 444 g/mol. The molecule has 0 saturated heterocycles. The number of hydrazone groups is 1. The Morgan fingerprint density at radius 3 is 2.27 bits per heavy atom. The van der Waals surface area contributed by atoms with E-state index in [0.29, 0.717) is 0 Å². The first kappa shape index (κ1) is 19.0. The fraction of sp³-hybridized carbons (Fsp3) is 0.208. The van der Waals surface area contributed by atoms with Crippen LogP contribution in [-0.2, 0) is 0 Å². The lowest BCUT2D eigenvalue weighted by Gasteiger charge is -2.38. The zero-order valence-electron chi connectivity index (χ0n) is 16.7. The van der Waals surface area contributed by atoms with Crippen LogP contribution in [0.25, 0.3) is 0 Å². The summed E-state index contributed by atoms with van der Waals surface area (Å²) in [5, 5.41) is 7.08. The third kappa shape index (κ3) is 3.31. The molecule has 2 heterocycles. The normalized spacial score (nSPS) is 19.4. The first-order valence-corrected chi connectivity index (χ1v) is 10.6. The molecule has 2 atom stereocenters. The number of nitrogens with zero attached hydrogens (tertiary/aromatic N) is 2. The van der Waals surface area contributed by atoms with Gasteiger partial charge in [-0.05, 0) is 72.3 Å². The summed E-state index contributed by atoms with van der Waals surface area (Å²) < 4.78 is 18.1. The minimum Gasteiger partial charge on any atom is -0.497 e. The Balaban J connectivity index is 1.56. The van der Waals surface area contributed by atoms with Crippen LogP contribution >= 0.6 is 15.9 Å². The second-order valence-corrected chi connectivity index (χ2v) is 8.22. The predicted molar refractivity (Wildman–Crippen MR) is 119 cm³/mol. The quantitative estimate of drug-likeness (QED) is 0.495. The Hall–Kier alpha value is -2.99. The van der Waals surface area contributed by atoms with Gasteiger partial charge in [-0.2, -0.15) is 5.10 Å². The van der Waals surface area contributed by atoms with E-state index in [9.17, 15) is 0 Å². The number of benzene rings is 3. The number of hydrogen-bond donors (Lipinski definition) is 0. The smallest absolute Gasteiger partial charge is 0.213 e. The van der Waals surface area contributed by atoms with Crippen molar-refractivity contribution in [3.63, 3.8) is 0 Å². The lowest BCUT2D eigenvalue weighted by atomic mass is 9.96. The third-order valence-electron chi connectivity index (χ3n) is 5.58. The second-order valence-electron chi connectivity index (χ2n) is 7.30. The van der Waals surface area contributed by atoms with E-state index in [0.717, 1.165) is 50.5 Å². The molecule has 0 saturated carbocycles. The van der Waals surface area contributed by atoms with Crippen molar-refractivity contribution in [3.8, 4) is 17.2 Å². The van der Waals surface area contributed by atoms with Gasteiger partial charge in [-0.25, -0.2) is 5.01 Å². The minimum absolute atomic E-state index is 0.107. The lowest BCUT2D eigenvalue weighted by molar-refractivity contribution is -0.0191. The van der Waals surface area contributed by atoms with Gasteiger partial charge in [0.15, 0.2) is 0 Å². The predicted octanol–water partition coefficient (Wildman–Crippen LogP) is 5.71. The van der Waals surface area contributed by atoms with Gasteiger partial charge in [0.1, 0.15) is 17.2 Å². The number of hydrogen-bond acceptors (Lipinski definition) is 5. The molecule has 2 aliphatic heterocycles.